The summed E-state index contributed by atoms with van der Waals surface area (Å²) in [7, 11) is 3.16. The molecule has 0 saturated carbocycles. The summed E-state index contributed by atoms with van der Waals surface area (Å²) < 4.78 is 10.4. The third kappa shape index (κ3) is 4.53. The molecule has 6 nitrogen and oxygen atoms in total. The number of anilines is 1. The van der Waals surface area contributed by atoms with Gasteiger partial charge in [-0.25, -0.2) is 0 Å². The Morgan fingerprint density at radius 2 is 2.04 bits per heavy atom. The first-order valence-electron chi connectivity index (χ1n) is 7.08. The molecule has 0 aliphatic heterocycles. The number of rotatable bonds is 6. The Bertz CT molecular complexity index is 710. The Balaban J connectivity index is 2.08. The molecule has 2 aromatic rings. The van der Waals surface area contributed by atoms with Gasteiger partial charge >= 0.3 is 0 Å². The Hall–Kier alpha value is -2.41. The van der Waals surface area contributed by atoms with Crippen LogP contribution in [0.1, 0.15) is 30.3 Å². The summed E-state index contributed by atoms with van der Waals surface area (Å²) in [5.41, 5.74) is 0.752. The van der Waals surface area contributed by atoms with Crippen LogP contribution >= 0.6 is 11.3 Å². The maximum Gasteiger partial charge on any atom is 0.250 e. The molecule has 1 aromatic heterocycles. The number of hydrogen-bond acceptors (Lipinski definition) is 6. The van der Waals surface area contributed by atoms with Crippen LogP contribution in [0.2, 0.25) is 0 Å². The zero-order valence-corrected chi connectivity index (χ0v) is 14.3. The molecule has 0 atom stereocenters. The van der Waals surface area contributed by atoms with E-state index in [1.54, 1.807) is 38.5 Å². The third-order valence-electron chi connectivity index (χ3n) is 3.02. The average Bonchev–Trinajstić information content (AvgIpc) is 3.01. The fourth-order valence-corrected chi connectivity index (χ4v) is 2.55. The predicted molar refractivity (Wildman–Crippen MR) is 91.2 cm³/mol. The highest BCUT2D eigenvalue weighted by atomic mass is 32.1. The van der Waals surface area contributed by atoms with Crippen LogP contribution in [0.15, 0.2) is 24.3 Å². The van der Waals surface area contributed by atoms with Gasteiger partial charge < -0.3 is 9.47 Å². The van der Waals surface area contributed by atoms with Crippen molar-refractivity contribution in [2.75, 3.05) is 19.5 Å². The van der Waals surface area contributed by atoms with Gasteiger partial charge in [0.2, 0.25) is 11.0 Å². The molecule has 2 rings (SSSR count). The van der Waals surface area contributed by atoms with Crippen molar-refractivity contribution in [3.05, 3.63) is 34.8 Å². The van der Waals surface area contributed by atoms with Crippen LogP contribution in [-0.4, -0.2) is 30.3 Å². The first-order chi connectivity index (χ1) is 11.0. The monoisotopic (exact) mass is 333 g/mol. The number of hydrogen-bond donors (Lipinski definition) is 1. The number of ether oxygens (including phenoxy) is 2. The van der Waals surface area contributed by atoms with Crippen LogP contribution in [0.3, 0.4) is 0 Å². The number of benzene rings is 1. The standard InChI is InChI=1S/C16H19N3O3S/c1-10(2)15-18-19-16(23-15)17-14(20)8-5-11-9-12(21-3)6-7-13(11)22-4/h5-10H,1-4H3,(H,17,19,20)/b8-5+. The van der Waals surface area contributed by atoms with Crippen LogP contribution in [0, 0.1) is 0 Å². The molecule has 0 bridgehead atoms. The van der Waals surface area contributed by atoms with Crippen molar-refractivity contribution in [1.29, 1.82) is 0 Å². The molecule has 0 fully saturated rings. The highest BCUT2D eigenvalue weighted by molar-refractivity contribution is 7.15. The average molecular weight is 333 g/mol. The molecule has 1 heterocycles. The first-order valence-corrected chi connectivity index (χ1v) is 7.89. The zero-order chi connectivity index (χ0) is 16.8. The van der Waals surface area contributed by atoms with Crippen molar-refractivity contribution in [1.82, 2.24) is 10.2 Å². The molecule has 0 aliphatic carbocycles. The topological polar surface area (TPSA) is 73.3 Å². The molecule has 1 amide bonds. The van der Waals surface area contributed by atoms with Crippen molar-refractivity contribution in [3.8, 4) is 11.5 Å². The maximum absolute atomic E-state index is 12.0. The van der Waals surface area contributed by atoms with Crippen molar-refractivity contribution >= 4 is 28.5 Å². The van der Waals surface area contributed by atoms with Gasteiger partial charge in [-0.3, -0.25) is 10.1 Å². The van der Waals surface area contributed by atoms with Crippen molar-refractivity contribution in [2.24, 2.45) is 0 Å². The molecule has 0 unspecified atom stereocenters. The number of nitrogens with one attached hydrogen (secondary N) is 1. The summed E-state index contributed by atoms with van der Waals surface area (Å²) in [6, 6.07) is 5.38. The molecule has 23 heavy (non-hydrogen) atoms. The lowest BCUT2D eigenvalue weighted by Crippen LogP contribution is -2.07. The van der Waals surface area contributed by atoms with Gasteiger partial charge in [-0.2, -0.15) is 0 Å². The van der Waals surface area contributed by atoms with Gasteiger partial charge in [0.15, 0.2) is 0 Å². The number of nitrogens with zero attached hydrogens (tertiary/aromatic N) is 2. The SMILES string of the molecule is COc1ccc(OC)c(/C=C/C(=O)Nc2nnc(C(C)C)s2)c1. The van der Waals surface area contributed by atoms with E-state index in [0.29, 0.717) is 16.6 Å². The van der Waals surface area contributed by atoms with Gasteiger partial charge in [-0.05, 0) is 24.3 Å². The predicted octanol–water partition coefficient (Wildman–Crippen LogP) is 3.33. The highest BCUT2D eigenvalue weighted by Gasteiger charge is 2.09. The number of methoxy groups -OCH3 is 2. The quantitative estimate of drug-likeness (QED) is 0.821. The Labute approximate surface area is 139 Å². The maximum atomic E-state index is 12.0. The van der Waals surface area contributed by atoms with E-state index in [-0.39, 0.29) is 11.8 Å². The molecule has 7 heteroatoms. The van der Waals surface area contributed by atoms with E-state index in [9.17, 15) is 4.79 Å². The smallest absolute Gasteiger partial charge is 0.250 e. The number of carbonyl (C=O) groups excluding carboxylic acids is 1. The van der Waals surface area contributed by atoms with Gasteiger partial charge in [0.1, 0.15) is 16.5 Å². The lowest BCUT2D eigenvalue weighted by atomic mass is 10.1. The number of aromatic nitrogens is 2. The summed E-state index contributed by atoms with van der Waals surface area (Å²) in [6.45, 7) is 4.06. The van der Waals surface area contributed by atoms with E-state index in [0.717, 1.165) is 10.6 Å². The van der Waals surface area contributed by atoms with Crippen LogP contribution in [-0.2, 0) is 4.79 Å². The van der Waals surface area contributed by atoms with Crippen LogP contribution in [0.4, 0.5) is 5.13 Å². The van der Waals surface area contributed by atoms with Gasteiger partial charge in [0.05, 0.1) is 14.2 Å². The molecular weight excluding hydrogens is 314 g/mol. The molecular formula is C16H19N3O3S. The van der Waals surface area contributed by atoms with Crippen molar-refractivity contribution in [2.45, 2.75) is 19.8 Å². The normalized spacial score (nSPS) is 11.0. The molecule has 1 aromatic carbocycles. The van der Waals surface area contributed by atoms with E-state index >= 15 is 0 Å². The van der Waals surface area contributed by atoms with Crippen molar-refractivity contribution < 1.29 is 14.3 Å². The van der Waals surface area contributed by atoms with Crippen LogP contribution < -0.4 is 14.8 Å². The second-order valence-electron chi connectivity index (χ2n) is 5.03. The largest absolute Gasteiger partial charge is 0.497 e. The first kappa shape index (κ1) is 17.0. The fourth-order valence-electron chi connectivity index (χ4n) is 1.80. The fraction of sp³-hybridized carbons (Fsp3) is 0.312. The highest BCUT2D eigenvalue weighted by Crippen LogP contribution is 2.25. The van der Waals surface area contributed by atoms with E-state index in [1.807, 2.05) is 13.8 Å². The minimum absolute atomic E-state index is 0.277. The molecule has 0 aliphatic rings. The molecule has 1 N–H and O–H groups in total. The summed E-state index contributed by atoms with van der Waals surface area (Å²) in [6.07, 6.45) is 3.09. The van der Waals surface area contributed by atoms with Gasteiger partial charge in [-0.1, -0.05) is 25.2 Å². The Morgan fingerprint density at radius 1 is 1.26 bits per heavy atom. The molecule has 0 spiro atoms. The van der Waals surface area contributed by atoms with E-state index in [2.05, 4.69) is 15.5 Å². The van der Waals surface area contributed by atoms with Crippen LogP contribution in [0.5, 0.6) is 11.5 Å². The summed E-state index contributed by atoms with van der Waals surface area (Å²) in [5.74, 6) is 1.36. The van der Waals surface area contributed by atoms with Gasteiger partial charge in [0, 0.05) is 17.6 Å². The minimum Gasteiger partial charge on any atom is -0.497 e. The van der Waals surface area contributed by atoms with E-state index < -0.39 is 0 Å². The number of carbonyl (C=O) groups is 1. The Kier molecular flexibility index (Phi) is 5.70. The zero-order valence-electron chi connectivity index (χ0n) is 13.5. The third-order valence-corrected chi connectivity index (χ3v) is 4.16. The second kappa shape index (κ2) is 7.73. The molecule has 0 saturated heterocycles. The second-order valence-corrected chi connectivity index (χ2v) is 6.04. The molecule has 122 valence electrons. The summed E-state index contributed by atoms with van der Waals surface area (Å²) in [5, 5.41) is 12.1. The molecule has 0 radical (unpaired) electrons. The summed E-state index contributed by atoms with van der Waals surface area (Å²) in [4.78, 5) is 12.0. The van der Waals surface area contributed by atoms with Gasteiger partial charge in [-0.15, -0.1) is 10.2 Å². The van der Waals surface area contributed by atoms with Crippen LogP contribution in [0.25, 0.3) is 6.08 Å². The lowest BCUT2D eigenvalue weighted by molar-refractivity contribution is -0.111. The van der Waals surface area contributed by atoms with Gasteiger partial charge in [0.25, 0.3) is 0 Å². The van der Waals surface area contributed by atoms with E-state index in [1.165, 1.54) is 17.4 Å². The number of amides is 1. The van der Waals surface area contributed by atoms with E-state index in [4.69, 9.17) is 9.47 Å². The summed E-state index contributed by atoms with van der Waals surface area (Å²) >= 11 is 1.37. The lowest BCUT2D eigenvalue weighted by Gasteiger charge is -2.07. The van der Waals surface area contributed by atoms with Crippen molar-refractivity contribution in [3.63, 3.8) is 0 Å². The Morgan fingerprint density at radius 3 is 2.65 bits per heavy atom. The minimum atomic E-state index is -0.277.